The highest BCUT2D eigenvalue weighted by Crippen LogP contribution is 2.39. The van der Waals surface area contributed by atoms with Crippen LogP contribution in [0.25, 0.3) is 0 Å². The topological polar surface area (TPSA) is 71.5 Å². The zero-order chi connectivity index (χ0) is 21.4. The van der Waals surface area contributed by atoms with Gasteiger partial charge in [0.15, 0.2) is 5.13 Å². The maximum absolute atomic E-state index is 14.1. The summed E-state index contributed by atoms with van der Waals surface area (Å²) in [5, 5.41) is 4.85. The molecule has 0 saturated carbocycles. The molecule has 4 rings (SSSR count). The highest BCUT2D eigenvalue weighted by Gasteiger charge is 2.40. The van der Waals surface area contributed by atoms with E-state index in [-0.39, 0.29) is 18.0 Å². The van der Waals surface area contributed by atoms with Gasteiger partial charge < -0.3 is 9.64 Å². The van der Waals surface area contributed by atoms with Crippen LogP contribution < -0.4 is 10.1 Å². The molecule has 1 N–H and O–H groups in total. The van der Waals surface area contributed by atoms with Gasteiger partial charge >= 0.3 is 0 Å². The van der Waals surface area contributed by atoms with Crippen molar-refractivity contribution in [2.45, 2.75) is 19.5 Å². The Balaban J connectivity index is 1.80. The number of benzene rings is 2. The molecular formula is C21H17BrFN3O3S. The number of ether oxygens (including phenoxy) is 1. The summed E-state index contributed by atoms with van der Waals surface area (Å²) in [6.45, 7) is 2.07. The molecule has 1 atom stereocenters. The van der Waals surface area contributed by atoms with Gasteiger partial charge in [0.25, 0.3) is 11.8 Å². The minimum absolute atomic E-state index is 0.220. The van der Waals surface area contributed by atoms with Gasteiger partial charge in [-0.1, -0.05) is 22.0 Å². The molecule has 1 aromatic heterocycles. The third-order valence-electron chi connectivity index (χ3n) is 5.01. The Morgan fingerprint density at radius 1 is 1.37 bits per heavy atom. The van der Waals surface area contributed by atoms with E-state index in [1.165, 1.54) is 41.5 Å². The summed E-state index contributed by atoms with van der Waals surface area (Å²) in [7, 11) is 1.44. The minimum atomic E-state index is -1.10. The number of hydrogen-bond acceptors (Lipinski definition) is 5. The average molecular weight is 490 g/mol. The van der Waals surface area contributed by atoms with Crippen LogP contribution in [0.15, 0.2) is 46.4 Å². The van der Waals surface area contributed by atoms with Crippen molar-refractivity contribution in [3.05, 3.63) is 74.5 Å². The number of hydrogen-bond donors (Lipinski definition) is 1. The number of aromatic nitrogens is 1. The van der Waals surface area contributed by atoms with E-state index in [2.05, 4.69) is 26.2 Å². The first-order chi connectivity index (χ1) is 14.4. The Kier molecular flexibility index (Phi) is 5.57. The van der Waals surface area contributed by atoms with Gasteiger partial charge in [0, 0.05) is 33.7 Å². The molecule has 0 radical (unpaired) electrons. The minimum Gasteiger partial charge on any atom is -0.496 e. The summed E-state index contributed by atoms with van der Waals surface area (Å²) < 4.78 is 20.3. The van der Waals surface area contributed by atoms with Crippen LogP contribution >= 0.6 is 27.3 Å². The van der Waals surface area contributed by atoms with Gasteiger partial charge in [-0.05, 0) is 42.3 Å². The Hall–Kier alpha value is -2.78. The van der Waals surface area contributed by atoms with E-state index in [4.69, 9.17) is 4.74 Å². The maximum atomic E-state index is 14.1. The van der Waals surface area contributed by atoms with Crippen LogP contribution in [0.1, 0.15) is 33.1 Å². The van der Waals surface area contributed by atoms with Crippen molar-refractivity contribution in [1.29, 1.82) is 0 Å². The number of rotatable bonds is 5. The van der Waals surface area contributed by atoms with E-state index in [1.54, 1.807) is 11.6 Å². The Labute approximate surface area is 184 Å². The highest BCUT2D eigenvalue weighted by atomic mass is 79.9. The molecule has 0 spiro atoms. The molecule has 2 aromatic carbocycles. The molecule has 30 heavy (non-hydrogen) atoms. The number of fused-ring (bicyclic) bond motifs is 1. The first kappa shape index (κ1) is 20.5. The first-order valence-corrected chi connectivity index (χ1v) is 10.7. The lowest BCUT2D eigenvalue weighted by atomic mass is 10.0. The van der Waals surface area contributed by atoms with Crippen molar-refractivity contribution in [1.82, 2.24) is 9.88 Å². The summed E-state index contributed by atoms with van der Waals surface area (Å²) >= 11 is 4.71. The molecule has 3 aromatic rings. The van der Waals surface area contributed by atoms with E-state index < -0.39 is 17.8 Å². The summed E-state index contributed by atoms with van der Waals surface area (Å²) in [6.07, 6.45) is 1.57. The molecule has 0 saturated heterocycles. The smallest absolute Gasteiger partial charge is 0.255 e. The molecule has 2 heterocycles. The third kappa shape index (κ3) is 3.59. The van der Waals surface area contributed by atoms with Crippen molar-refractivity contribution in [3.63, 3.8) is 0 Å². The second-order valence-electron chi connectivity index (χ2n) is 6.75. The van der Waals surface area contributed by atoms with Gasteiger partial charge in [0.05, 0.1) is 7.11 Å². The SMILES string of the molecule is COc1ccc(F)cc1C(C(=O)Nc1nccs1)N1Cc2ccc(Br)c(C)c2C1=O. The van der Waals surface area contributed by atoms with E-state index in [0.717, 1.165) is 15.6 Å². The lowest BCUT2D eigenvalue weighted by Gasteiger charge is -2.28. The number of nitrogens with one attached hydrogen (secondary N) is 1. The van der Waals surface area contributed by atoms with Gasteiger partial charge in [-0.15, -0.1) is 11.3 Å². The zero-order valence-corrected chi connectivity index (χ0v) is 18.5. The van der Waals surface area contributed by atoms with Crippen LogP contribution in [0.3, 0.4) is 0 Å². The van der Waals surface area contributed by atoms with Crippen molar-refractivity contribution in [2.24, 2.45) is 0 Å². The molecule has 1 aliphatic rings. The standard InChI is InChI=1S/C21H17BrFN3O3S/c1-11-15(22)5-3-12-10-26(20(28)17(11)12)18(19(27)25-21-24-7-8-30-21)14-9-13(23)4-6-16(14)29-2/h3-9,18H,10H2,1-2H3,(H,24,25,27). The van der Waals surface area contributed by atoms with Crippen LogP contribution in [0.4, 0.5) is 9.52 Å². The molecular weight excluding hydrogens is 473 g/mol. The number of anilines is 1. The van der Waals surface area contributed by atoms with Crippen LogP contribution in [0.5, 0.6) is 5.75 Å². The molecule has 0 bridgehead atoms. The average Bonchev–Trinajstić information content (AvgIpc) is 3.34. The highest BCUT2D eigenvalue weighted by molar-refractivity contribution is 9.10. The lowest BCUT2D eigenvalue weighted by Crippen LogP contribution is -2.38. The molecule has 0 fully saturated rings. The molecule has 1 aliphatic heterocycles. The summed E-state index contributed by atoms with van der Waals surface area (Å²) in [4.78, 5) is 32.2. The van der Waals surface area contributed by atoms with Crippen molar-refractivity contribution in [2.75, 3.05) is 12.4 Å². The summed E-state index contributed by atoms with van der Waals surface area (Å²) in [6, 6.07) is 6.55. The molecule has 9 heteroatoms. The monoisotopic (exact) mass is 489 g/mol. The largest absolute Gasteiger partial charge is 0.496 e. The summed E-state index contributed by atoms with van der Waals surface area (Å²) in [5.74, 6) is -1.00. The fraction of sp³-hybridized carbons (Fsp3) is 0.190. The first-order valence-electron chi connectivity index (χ1n) is 9.03. The number of carbonyl (C=O) groups is 2. The second kappa shape index (κ2) is 8.16. The normalized spacial score (nSPS) is 13.9. The number of halogens is 2. The molecule has 2 amide bonds. The third-order valence-corrected chi connectivity index (χ3v) is 6.56. The van der Waals surface area contributed by atoms with Crippen LogP contribution in [0.2, 0.25) is 0 Å². The Bertz CT molecular complexity index is 1140. The Morgan fingerprint density at radius 2 is 2.17 bits per heavy atom. The second-order valence-corrected chi connectivity index (χ2v) is 8.50. The summed E-state index contributed by atoms with van der Waals surface area (Å²) in [5.41, 5.74) is 2.42. The van der Waals surface area contributed by atoms with Crippen molar-refractivity contribution in [3.8, 4) is 5.75 Å². The van der Waals surface area contributed by atoms with Crippen molar-refractivity contribution >= 4 is 44.2 Å². The zero-order valence-electron chi connectivity index (χ0n) is 16.1. The predicted molar refractivity (Wildman–Crippen MR) is 115 cm³/mol. The molecule has 6 nitrogen and oxygen atoms in total. The van der Waals surface area contributed by atoms with Gasteiger partial charge in [0.1, 0.15) is 17.6 Å². The van der Waals surface area contributed by atoms with E-state index in [9.17, 15) is 14.0 Å². The maximum Gasteiger partial charge on any atom is 0.255 e. The molecule has 154 valence electrons. The fourth-order valence-electron chi connectivity index (χ4n) is 3.61. The number of nitrogens with zero attached hydrogens (tertiary/aromatic N) is 2. The number of carbonyl (C=O) groups excluding carboxylic acids is 2. The number of thiazole rings is 1. The van der Waals surface area contributed by atoms with Gasteiger partial charge in [-0.2, -0.15) is 0 Å². The lowest BCUT2D eigenvalue weighted by molar-refractivity contribution is -0.120. The molecule has 1 unspecified atom stereocenters. The predicted octanol–water partition coefficient (Wildman–Crippen LogP) is 4.70. The van der Waals surface area contributed by atoms with Crippen molar-refractivity contribution < 1.29 is 18.7 Å². The quantitative estimate of drug-likeness (QED) is 0.563. The van der Waals surface area contributed by atoms with Crippen LogP contribution in [0, 0.1) is 12.7 Å². The van der Waals surface area contributed by atoms with Gasteiger partial charge in [-0.25, -0.2) is 9.37 Å². The molecule has 0 aliphatic carbocycles. The van der Waals surface area contributed by atoms with Crippen LogP contribution in [-0.4, -0.2) is 28.8 Å². The van der Waals surface area contributed by atoms with E-state index in [1.807, 2.05) is 19.1 Å². The number of methoxy groups -OCH3 is 1. The van der Waals surface area contributed by atoms with E-state index in [0.29, 0.717) is 16.4 Å². The van der Waals surface area contributed by atoms with Gasteiger partial charge in [0.2, 0.25) is 0 Å². The fourth-order valence-corrected chi connectivity index (χ4v) is 4.47. The van der Waals surface area contributed by atoms with Gasteiger partial charge in [-0.3, -0.25) is 14.9 Å². The Morgan fingerprint density at radius 3 is 2.87 bits per heavy atom. The van der Waals surface area contributed by atoms with E-state index >= 15 is 0 Å². The van der Waals surface area contributed by atoms with Crippen LogP contribution in [-0.2, 0) is 11.3 Å². The number of amides is 2.